The number of fused-ring (bicyclic) bond motifs is 2. The number of rotatable bonds is 12. The quantitative estimate of drug-likeness (QED) is 0.129. The highest BCUT2D eigenvalue weighted by molar-refractivity contribution is 8.12. The normalized spacial score (nSPS) is 15.2. The molecule has 0 saturated heterocycles. The van der Waals surface area contributed by atoms with Crippen LogP contribution in [-0.4, -0.2) is 152 Å². The lowest BCUT2D eigenvalue weighted by atomic mass is 8.46. The van der Waals surface area contributed by atoms with Crippen LogP contribution in [0, 0.1) is 0 Å². The van der Waals surface area contributed by atoms with Crippen LogP contribution in [0.2, 0.25) is 0 Å². The standard InChI is InChI=1S/C23H28NO4.B15.HI/c1-24(2)12-11-17-13-20-22(28-15-27-20)23(26-3)21(17)19(24)14-18(25)10-9-16-7-5-4-6-8-16;1-9-13(8)15(12(6)7)14(10(2)3)11(4)5;/h4-8,13,19H,9-12,14-15H2,1-3H3;;1H/q+1;;/p-1. The molecule has 17 radical (unpaired) electrons. The molecule has 0 N–H and O–H groups in total. The Morgan fingerprint density at radius 1 is 1.00 bits per heavy atom. The maximum absolute atomic E-state index is 12.9. The molecule has 4 rings (SSSR count). The summed E-state index contributed by atoms with van der Waals surface area (Å²) in [4.78, 5) is 12.9. The monoisotopic (exact) mass is 674 g/mol. The number of carbonyl (C=O) groups excluding carboxylic acids is 1. The number of halogens is 1. The summed E-state index contributed by atoms with van der Waals surface area (Å²) in [5, 5.41) is 0. The first-order valence-corrected chi connectivity index (χ1v) is 14.5. The van der Waals surface area contributed by atoms with E-state index in [0.29, 0.717) is 18.6 Å². The van der Waals surface area contributed by atoms with E-state index in [1.807, 2.05) is 18.2 Å². The van der Waals surface area contributed by atoms with Crippen molar-refractivity contribution in [1.29, 1.82) is 0 Å². The molecule has 2 aromatic carbocycles. The zero-order valence-electron chi connectivity index (χ0n) is 25.9. The summed E-state index contributed by atoms with van der Waals surface area (Å²) in [7, 11) is 51.8. The van der Waals surface area contributed by atoms with Crippen LogP contribution in [0.25, 0.3) is 0 Å². The van der Waals surface area contributed by atoms with E-state index < -0.39 is 38.3 Å². The Bertz CT molecular complexity index is 1210. The molecule has 1 unspecified atom stereocenters. The van der Waals surface area contributed by atoms with Crippen molar-refractivity contribution in [3.8, 4) is 17.2 Å². The number of hydrogen-bond acceptors (Lipinski definition) is 4. The number of nitrogens with zero attached hydrogens (tertiary/aromatic N) is 1. The number of aryl methyl sites for hydroxylation is 1. The van der Waals surface area contributed by atoms with E-state index >= 15 is 0 Å². The Hall–Kier alpha value is -0.826. The highest BCUT2D eigenvalue weighted by Gasteiger charge is 2.42. The molecule has 0 spiro atoms. The van der Waals surface area contributed by atoms with Crippen LogP contribution in [-0.2, 0) is 17.6 Å². The average Bonchev–Trinajstić information content (AvgIpc) is 3.43. The minimum Gasteiger partial charge on any atom is -1.00 e. The fourth-order valence-electron chi connectivity index (χ4n) is 6.03. The summed E-state index contributed by atoms with van der Waals surface area (Å²) in [6, 6.07) is 12.3. The molecular formula is C23H28B15INO4. The molecule has 0 aliphatic carbocycles. The van der Waals surface area contributed by atoms with E-state index in [4.69, 9.17) is 76.1 Å². The second-order valence-electron chi connectivity index (χ2n) is 11.9. The highest BCUT2D eigenvalue weighted by Crippen LogP contribution is 2.51. The average molecular weight is 672 g/mol. The van der Waals surface area contributed by atoms with Gasteiger partial charge in [-0.3, -0.25) is 4.79 Å². The maximum atomic E-state index is 12.9. The van der Waals surface area contributed by atoms with E-state index in [2.05, 4.69) is 32.3 Å². The molecule has 201 valence electrons. The van der Waals surface area contributed by atoms with Gasteiger partial charge in [-0.1, -0.05) is 30.3 Å². The minimum atomic E-state index is -0.754. The van der Waals surface area contributed by atoms with Gasteiger partial charge in [0.2, 0.25) is 12.5 Å². The van der Waals surface area contributed by atoms with Crippen LogP contribution < -0.4 is 38.2 Å². The van der Waals surface area contributed by atoms with E-state index in [0.717, 1.165) is 40.9 Å². The molecule has 0 bridgehead atoms. The Kier molecular flexibility index (Phi) is 16.0. The number of likely N-dealkylation sites (N-methyl/N-ethyl adjacent to an activating group) is 1. The SMILES string of the molecule is COc1c2c(cc3c1C(CC(=O)CCc1ccccc1)[N+](C)(C)CC3)OCO2.[B][B]B([B])B(B([B])[B])B(B([B])[B])B([B])[B].[I-]. The second kappa shape index (κ2) is 17.9. The van der Waals surface area contributed by atoms with E-state index in [1.165, 1.54) is 18.2 Å². The number of quaternary nitrogens is 1. The predicted molar refractivity (Wildman–Crippen MR) is 193 cm³/mol. The third-order valence-corrected chi connectivity index (χ3v) is 8.48. The first-order chi connectivity index (χ1) is 20.3. The number of Topliss-reactive ketones (excluding diaryl/α,β-unsaturated/α-hetero) is 1. The summed E-state index contributed by atoms with van der Waals surface area (Å²) in [6.07, 6.45) is -0.991. The number of benzene rings is 2. The highest BCUT2D eigenvalue weighted by atomic mass is 127. The second-order valence-corrected chi connectivity index (χ2v) is 11.9. The Labute approximate surface area is 295 Å². The summed E-state index contributed by atoms with van der Waals surface area (Å²) in [5.74, 6) is 2.44. The zero-order chi connectivity index (χ0) is 31.9. The number of methoxy groups -OCH3 is 1. The van der Waals surface area contributed by atoms with Gasteiger partial charge < -0.3 is 42.7 Å². The van der Waals surface area contributed by atoms with E-state index in [9.17, 15) is 4.79 Å². The molecule has 2 aromatic rings. The largest absolute Gasteiger partial charge is 1.00 e. The summed E-state index contributed by atoms with van der Waals surface area (Å²) in [5.41, 5.74) is 3.52. The van der Waals surface area contributed by atoms with Gasteiger partial charge in [0, 0.05) is 120 Å². The molecule has 21 heteroatoms. The van der Waals surface area contributed by atoms with Gasteiger partial charge in [0.15, 0.2) is 11.5 Å². The van der Waals surface area contributed by atoms with Gasteiger partial charge in [0.05, 0.1) is 39.7 Å². The maximum Gasteiger partial charge on any atom is 0.231 e. The predicted octanol–water partition coefficient (Wildman–Crippen LogP) is -5.02. The molecule has 0 aromatic heterocycles. The van der Waals surface area contributed by atoms with Gasteiger partial charge >= 0.3 is 0 Å². The first kappa shape index (κ1) is 39.4. The molecule has 5 nitrogen and oxygen atoms in total. The number of ether oxygens (including phenoxy) is 3. The van der Waals surface area contributed by atoms with Crippen molar-refractivity contribution in [3.63, 3.8) is 0 Å². The van der Waals surface area contributed by atoms with Gasteiger partial charge in [-0.15, -0.1) is 0 Å². The van der Waals surface area contributed by atoms with Crippen molar-refractivity contribution >= 4 is 113 Å². The van der Waals surface area contributed by atoms with Crippen LogP contribution in [0.4, 0.5) is 0 Å². The van der Waals surface area contributed by atoms with Crippen molar-refractivity contribution < 1.29 is 47.5 Å². The van der Waals surface area contributed by atoms with E-state index in [-0.39, 0.29) is 42.6 Å². The molecule has 1 atom stereocenters. The van der Waals surface area contributed by atoms with Gasteiger partial charge in [0.1, 0.15) is 11.8 Å². The molecule has 0 amide bonds. The van der Waals surface area contributed by atoms with Crippen molar-refractivity contribution in [1.82, 2.24) is 0 Å². The smallest absolute Gasteiger partial charge is 0.231 e. The summed E-state index contributed by atoms with van der Waals surface area (Å²) >= 11 is 0. The van der Waals surface area contributed by atoms with Crippen molar-refractivity contribution in [2.24, 2.45) is 0 Å². The lowest BCUT2D eigenvalue weighted by Crippen LogP contribution is -3.00. The lowest BCUT2D eigenvalue weighted by molar-refractivity contribution is -0.922. The number of carbonyl (C=O) groups is 1. The summed E-state index contributed by atoms with van der Waals surface area (Å²) in [6.45, 7) is 1.19. The minimum absolute atomic E-state index is 0. The molecule has 2 aliphatic rings. The van der Waals surface area contributed by atoms with Crippen LogP contribution in [0.5, 0.6) is 17.2 Å². The molecular weight excluding hydrogens is 643 g/mol. The lowest BCUT2D eigenvalue weighted by Gasteiger charge is -2.43. The Morgan fingerprint density at radius 2 is 1.61 bits per heavy atom. The zero-order valence-corrected chi connectivity index (χ0v) is 28.1. The Balaban J connectivity index is 0.000000363. The van der Waals surface area contributed by atoms with Gasteiger partial charge in [-0.05, 0) is 23.6 Å². The van der Waals surface area contributed by atoms with Gasteiger partial charge in [-0.2, -0.15) is 0 Å². The molecule has 44 heavy (non-hydrogen) atoms. The van der Waals surface area contributed by atoms with Crippen LogP contribution in [0.3, 0.4) is 0 Å². The van der Waals surface area contributed by atoms with Gasteiger partial charge in [0.25, 0.3) is 0 Å². The molecule has 0 saturated carbocycles. The van der Waals surface area contributed by atoms with Crippen LogP contribution >= 0.6 is 0 Å². The molecule has 2 aliphatic heterocycles. The van der Waals surface area contributed by atoms with Crippen molar-refractivity contribution in [3.05, 3.63) is 53.1 Å². The first-order valence-electron chi connectivity index (χ1n) is 14.5. The molecule has 0 fully saturated rings. The number of ketones is 1. The van der Waals surface area contributed by atoms with E-state index in [1.54, 1.807) is 7.11 Å². The third-order valence-electron chi connectivity index (χ3n) is 8.48. The fraction of sp³-hybridized carbons (Fsp3) is 0.435. The molecule has 2 heterocycles. The van der Waals surface area contributed by atoms with Crippen LogP contribution in [0.1, 0.15) is 35.6 Å². The van der Waals surface area contributed by atoms with Crippen LogP contribution in [0.15, 0.2) is 36.4 Å². The summed E-state index contributed by atoms with van der Waals surface area (Å²) < 4.78 is 17.8. The van der Waals surface area contributed by atoms with Gasteiger partial charge in [-0.25, -0.2) is 0 Å². The third kappa shape index (κ3) is 9.84. The van der Waals surface area contributed by atoms with Crippen molar-refractivity contribution in [2.45, 2.75) is 31.7 Å². The number of hydrogen-bond donors (Lipinski definition) is 0. The topological polar surface area (TPSA) is 44.8 Å². The Morgan fingerprint density at radius 3 is 2.16 bits per heavy atom. The van der Waals surface area contributed by atoms with Crippen molar-refractivity contribution in [2.75, 3.05) is 34.5 Å². The fourth-order valence-corrected chi connectivity index (χ4v) is 6.03.